The van der Waals surface area contributed by atoms with E-state index in [1.165, 1.54) is 4.68 Å². The van der Waals surface area contributed by atoms with Gasteiger partial charge in [-0.25, -0.2) is 0 Å². The van der Waals surface area contributed by atoms with Gasteiger partial charge in [-0.05, 0) is 50.2 Å². The first-order valence-electron chi connectivity index (χ1n) is 8.02. The second-order valence-corrected chi connectivity index (χ2v) is 6.01. The lowest BCUT2D eigenvalue weighted by atomic mass is 10.2. The number of nitrogens with zero attached hydrogens (tertiary/aromatic N) is 3. The van der Waals surface area contributed by atoms with E-state index in [-0.39, 0.29) is 11.3 Å². The molecular formula is C20H17N3O2. The fourth-order valence-electron chi connectivity index (χ4n) is 3.30. The molecule has 0 spiro atoms. The highest BCUT2D eigenvalue weighted by Crippen LogP contribution is 2.27. The molecule has 0 saturated heterocycles. The van der Waals surface area contributed by atoms with Gasteiger partial charge in [0.25, 0.3) is 5.56 Å². The van der Waals surface area contributed by atoms with Crippen LogP contribution in [0.2, 0.25) is 0 Å². The zero-order chi connectivity index (χ0) is 17.6. The summed E-state index contributed by atoms with van der Waals surface area (Å²) in [4.78, 5) is 13.0. The van der Waals surface area contributed by atoms with Crippen LogP contribution in [-0.2, 0) is 0 Å². The molecule has 4 rings (SSSR count). The van der Waals surface area contributed by atoms with E-state index in [0.29, 0.717) is 5.39 Å². The van der Waals surface area contributed by atoms with Crippen LogP contribution in [0.5, 0.6) is 5.75 Å². The Bertz CT molecular complexity index is 1120. The largest absolute Gasteiger partial charge is 0.508 e. The topological polar surface area (TPSA) is 60.0 Å². The van der Waals surface area contributed by atoms with Gasteiger partial charge in [-0.1, -0.05) is 18.2 Å². The normalized spacial score (nSPS) is 11.1. The number of fused-ring (bicyclic) bond motifs is 1. The van der Waals surface area contributed by atoms with Gasteiger partial charge in [0.2, 0.25) is 0 Å². The zero-order valence-electron chi connectivity index (χ0n) is 14.0. The Morgan fingerprint density at radius 3 is 2.24 bits per heavy atom. The van der Waals surface area contributed by atoms with Crippen molar-refractivity contribution in [1.82, 2.24) is 14.3 Å². The smallest absolute Gasteiger partial charge is 0.281 e. The predicted octanol–water partition coefficient (Wildman–Crippen LogP) is 3.50. The number of rotatable bonds is 2. The minimum absolute atomic E-state index is 0.137. The molecule has 2 heterocycles. The number of phenolic OH excluding ortho intramolecular Hbond substituents is 1. The van der Waals surface area contributed by atoms with Crippen molar-refractivity contribution in [3.63, 3.8) is 0 Å². The average Bonchev–Trinajstić information content (AvgIpc) is 2.88. The summed E-state index contributed by atoms with van der Waals surface area (Å²) in [6.07, 6.45) is 1.74. The van der Waals surface area contributed by atoms with Gasteiger partial charge in [0, 0.05) is 22.5 Å². The van der Waals surface area contributed by atoms with Gasteiger partial charge in [-0.2, -0.15) is 9.78 Å². The van der Waals surface area contributed by atoms with Crippen molar-refractivity contribution in [2.24, 2.45) is 0 Å². The minimum Gasteiger partial charge on any atom is -0.508 e. The molecule has 0 amide bonds. The molecule has 0 atom stereocenters. The Labute approximate surface area is 144 Å². The van der Waals surface area contributed by atoms with E-state index in [1.54, 1.807) is 18.3 Å². The number of aryl methyl sites for hydroxylation is 2. The van der Waals surface area contributed by atoms with Crippen LogP contribution in [0.4, 0.5) is 0 Å². The van der Waals surface area contributed by atoms with Gasteiger partial charge in [-0.15, -0.1) is 0 Å². The molecule has 2 aromatic heterocycles. The highest BCUT2D eigenvalue weighted by molar-refractivity contribution is 5.88. The Hall–Kier alpha value is -3.34. The molecule has 25 heavy (non-hydrogen) atoms. The molecule has 5 heteroatoms. The summed E-state index contributed by atoms with van der Waals surface area (Å²) in [6, 6.07) is 16.3. The Kier molecular flexibility index (Phi) is 3.42. The molecule has 0 bridgehead atoms. The van der Waals surface area contributed by atoms with Gasteiger partial charge >= 0.3 is 0 Å². The molecular weight excluding hydrogens is 314 g/mol. The van der Waals surface area contributed by atoms with E-state index in [0.717, 1.165) is 28.1 Å². The maximum Gasteiger partial charge on any atom is 0.281 e. The van der Waals surface area contributed by atoms with Crippen LogP contribution in [0.3, 0.4) is 0 Å². The van der Waals surface area contributed by atoms with Crippen molar-refractivity contribution in [3.05, 3.63) is 82.5 Å². The molecule has 5 nitrogen and oxygen atoms in total. The summed E-state index contributed by atoms with van der Waals surface area (Å²) in [5.41, 5.74) is 3.30. The van der Waals surface area contributed by atoms with Crippen molar-refractivity contribution in [3.8, 4) is 17.1 Å². The average molecular weight is 331 g/mol. The number of hydrogen-bond acceptors (Lipinski definition) is 3. The number of phenols is 1. The molecule has 0 aliphatic heterocycles. The van der Waals surface area contributed by atoms with Crippen LogP contribution in [0.25, 0.3) is 22.1 Å². The third-order valence-electron chi connectivity index (χ3n) is 4.51. The molecule has 0 aliphatic rings. The number of aromatic hydroxyl groups is 1. The maximum atomic E-state index is 13.0. The second-order valence-electron chi connectivity index (χ2n) is 6.01. The van der Waals surface area contributed by atoms with Crippen molar-refractivity contribution >= 4 is 10.8 Å². The fourth-order valence-corrected chi connectivity index (χ4v) is 3.30. The summed E-state index contributed by atoms with van der Waals surface area (Å²) < 4.78 is 3.44. The molecule has 2 aromatic carbocycles. The molecule has 0 fully saturated rings. The first-order valence-corrected chi connectivity index (χ1v) is 8.02. The number of aromatic nitrogens is 3. The van der Waals surface area contributed by atoms with Crippen LogP contribution in [0.1, 0.15) is 11.4 Å². The number of hydrogen-bond donors (Lipinski definition) is 1. The fraction of sp³-hybridized carbons (Fsp3) is 0.100. The molecule has 4 aromatic rings. The number of para-hydroxylation sites is 1. The second kappa shape index (κ2) is 5.63. The van der Waals surface area contributed by atoms with Gasteiger partial charge < -0.3 is 9.67 Å². The zero-order valence-corrected chi connectivity index (χ0v) is 14.0. The quantitative estimate of drug-likeness (QED) is 0.611. The lowest BCUT2D eigenvalue weighted by molar-refractivity contribution is 0.475. The van der Waals surface area contributed by atoms with Crippen molar-refractivity contribution in [2.45, 2.75) is 13.8 Å². The maximum absolute atomic E-state index is 13.0. The Morgan fingerprint density at radius 2 is 1.56 bits per heavy atom. The summed E-state index contributed by atoms with van der Waals surface area (Å²) in [6.45, 7) is 3.90. The monoisotopic (exact) mass is 331 g/mol. The molecule has 0 aliphatic carbocycles. The van der Waals surface area contributed by atoms with E-state index in [2.05, 4.69) is 5.10 Å². The van der Waals surface area contributed by atoms with Crippen LogP contribution in [0.15, 0.2) is 65.6 Å². The van der Waals surface area contributed by atoms with Crippen molar-refractivity contribution < 1.29 is 5.11 Å². The first kappa shape index (κ1) is 15.2. The van der Waals surface area contributed by atoms with Gasteiger partial charge in [-0.3, -0.25) is 4.79 Å². The van der Waals surface area contributed by atoms with Crippen molar-refractivity contribution in [2.75, 3.05) is 0 Å². The third-order valence-corrected chi connectivity index (χ3v) is 4.51. The molecule has 0 saturated carbocycles. The lowest BCUT2D eigenvalue weighted by Gasteiger charge is -2.09. The summed E-state index contributed by atoms with van der Waals surface area (Å²) >= 11 is 0. The molecule has 1 N–H and O–H groups in total. The van der Waals surface area contributed by atoms with Crippen LogP contribution >= 0.6 is 0 Å². The molecule has 124 valence electrons. The number of benzene rings is 2. The SMILES string of the molecule is Cc1c2cnn(-c3ccccc3)c(=O)c2c(C)n1-c1ccc(O)cc1. The molecule has 0 radical (unpaired) electrons. The minimum atomic E-state index is -0.137. The lowest BCUT2D eigenvalue weighted by Crippen LogP contribution is -2.20. The third kappa shape index (κ3) is 2.32. The predicted molar refractivity (Wildman–Crippen MR) is 97.8 cm³/mol. The standard InChI is InChI=1S/C20H17N3O2/c1-13-18-12-21-23(16-6-4-3-5-7-16)20(25)19(18)14(2)22(13)15-8-10-17(24)11-9-15/h3-12,24H,1-2H3. The van der Waals surface area contributed by atoms with Gasteiger partial charge in [0.15, 0.2) is 0 Å². The summed E-state index contributed by atoms with van der Waals surface area (Å²) in [7, 11) is 0. The van der Waals surface area contributed by atoms with E-state index >= 15 is 0 Å². The van der Waals surface area contributed by atoms with Gasteiger partial charge in [0.05, 0.1) is 17.3 Å². The first-order chi connectivity index (χ1) is 12.1. The van der Waals surface area contributed by atoms with Crippen LogP contribution in [0, 0.1) is 13.8 Å². The highest BCUT2D eigenvalue weighted by Gasteiger charge is 2.17. The Morgan fingerprint density at radius 1 is 0.880 bits per heavy atom. The van der Waals surface area contributed by atoms with E-state index in [1.807, 2.05) is 60.9 Å². The summed E-state index contributed by atoms with van der Waals surface area (Å²) in [5.74, 6) is 0.212. The summed E-state index contributed by atoms with van der Waals surface area (Å²) in [5, 5.41) is 15.4. The molecule has 0 unspecified atom stereocenters. The highest BCUT2D eigenvalue weighted by atomic mass is 16.3. The van der Waals surface area contributed by atoms with Gasteiger partial charge in [0.1, 0.15) is 5.75 Å². The van der Waals surface area contributed by atoms with Crippen LogP contribution < -0.4 is 5.56 Å². The van der Waals surface area contributed by atoms with E-state index in [9.17, 15) is 9.90 Å². The van der Waals surface area contributed by atoms with Crippen molar-refractivity contribution in [1.29, 1.82) is 0 Å². The van der Waals surface area contributed by atoms with E-state index < -0.39 is 0 Å². The van der Waals surface area contributed by atoms with Crippen LogP contribution in [-0.4, -0.2) is 19.5 Å². The van der Waals surface area contributed by atoms with E-state index in [4.69, 9.17) is 0 Å². The Balaban J connectivity index is 2.01.